The highest BCUT2D eigenvalue weighted by molar-refractivity contribution is 5.89. The zero-order valence-corrected chi connectivity index (χ0v) is 10.4. The van der Waals surface area contributed by atoms with Gasteiger partial charge in [0.05, 0.1) is 5.52 Å². The van der Waals surface area contributed by atoms with Crippen molar-refractivity contribution < 1.29 is 8.78 Å². The summed E-state index contributed by atoms with van der Waals surface area (Å²) in [5, 5.41) is 0.782. The average Bonchev–Trinajstić information content (AvgIpc) is 2.46. The first-order valence-corrected chi connectivity index (χ1v) is 6.00. The number of fused-ring (bicyclic) bond motifs is 1. The molecule has 100 valence electrons. The van der Waals surface area contributed by atoms with Crippen molar-refractivity contribution in [3.8, 4) is 11.1 Å². The number of nitrogen functional groups attached to an aromatic ring is 1. The second-order valence-corrected chi connectivity index (χ2v) is 4.37. The fourth-order valence-corrected chi connectivity index (χ4v) is 2.10. The molecular formula is C15H11F2N3. The summed E-state index contributed by atoms with van der Waals surface area (Å²) in [5.41, 5.74) is 4.50. The summed E-state index contributed by atoms with van der Waals surface area (Å²) in [6, 6.07) is 12.2. The monoisotopic (exact) mass is 271 g/mol. The number of aromatic nitrogens is 1. The minimum Gasteiger partial charge on any atom is -0.308 e. The highest BCUT2D eigenvalue weighted by Crippen LogP contribution is 2.30. The molecule has 0 saturated carbocycles. The molecule has 0 aliphatic carbocycles. The van der Waals surface area contributed by atoms with Crippen LogP contribution in [-0.2, 0) is 0 Å². The second-order valence-electron chi connectivity index (χ2n) is 4.37. The van der Waals surface area contributed by atoms with E-state index >= 15 is 0 Å². The minimum atomic E-state index is -0.359. The van der Waals surface area contributed by atoms with Crippen LogP contribution in [0.3, 0.4) is 0 Å². The highest BCUT2D eigenvalue weighted by Gasteiger charge is 2.09. The van der Waals surface area contributed by atoms with Crippen LogP contribution in [0.25, 0.3) is 22.0 Å². The van der Waals surface area contributed by atoms with Crippen LogP contribution < -0.4 is 11.3 Å². The molecule has 5 heteroatoms. The van der Waals surface area contributed by atoms with Crippen molar-refractivity contribution in [3.63, 3.8) is 0 Å². The van der Waals surface area contributed by atoms with Gasteiger partial charge in [0, 0.05) is 17.0 Å². The normalized spacial score (nSPS) is 10.8. The van der Waals surface area contributed by atoms with Crippen molar-refractivity contribution in [2.24, 2.45) is 5.84 Å². The number of hydrogen-bond acceptors (Lipinski definition) is 3. The lowest BCUT2D eigenvalue weighted by molar-refractivity contribution is 0.628. The van der Waals surface area contributed by atoms with E-state index in [0.29, 0.717) is 11.3 Å². The zero-order valence-electron chi connectivity index (χ0n) is 10.4. The van der Waals surface area contributed by atoms with Gasteiger partial charge in [-0.15, -0.1) is 0 Å². The molecule has 0 saturated heterocycles. The van der Waals surface area contributed by atoms with Gasteiger partial charge in [-0.3, -0.25) is 0 Å². The Hall–Kier alpha value is -2.53. The van der Waals surface area contributed by atoms with Gasteiger partial charge in [0.25, 0.3) is 0 Å². The van der Waals surface area contributed by atoms with Gasteiger partial charge in [-0.25, -0.2) is 19.6 Å². The van der Waals surface area contributed by atoms with Crippen molar-refractivity contribution in [1.82, 2.24) is 4.98 Å². The quantitative estimate of drug-likeness (QED) is 0.554. The smallest absolute Gasteiger partial charge is 0.148 e. The number of hydrogen-bond donors (Lipinski definition) is 2. The third-order valence-corrected chi connectivity index (χ3v) is 3.07. The Kier molecular flexibility index (Phi) is 3.04. The molecule has 0 radical (unpaired) electrons. The fraction of sp³-hybridized carbons (Fsp3) is 0. The molecular weight excluding hydrogens is 260 g/mol. The van der Waals surface area contributed by atoms with Crippen LogP contribution >= 0.6 is 0 Å². The van der Waals surface area contributed by atoms with Crippen LogP contribution in [0.1, 0.15) is 0 Å². The highest BCUT2D eigenvalue weighted by atomic mass is 19.1. The molecule has 3 aromatic rings. The summed E-state index contributed by atoms with van der Waals surface area (Å²) < 4.78 is 26.2. The van der Waals surface area contributed by atoms with Crippen molar-refractivity contribution >= 4 is 16.7 Å². The van der Waals surface area contributed by atoms with E-state index in [2.05, 4.69) is 10.4 Å². The van der Waals surface area contributed by atoms with Crippen LogP contribution in [0, 0.1) is 11.6 Å². The largest absolute Gasteiger partial charge is 0.308 e. The summed E-state index contributed by atoms with van der Waals surface area (Å²) in [6.07, 6.45) is 0. The van der Waals surface area contributed by atoms with Crippen LogP contribution in [0.5, 0.6) is 0 Å². The van der Waals surface area contributed by atoms with E-state index in [1.807, 2.05) is 6.07 Å². The number of rotatable bonds is 2. The molecule has 3 rings (SSSR count). The number of nitrogens with one attached hydrogen (secondary N) is 1. The topological polar surface area (TPSA) is 50.9 Å². The number of nitrogens with two attached hydrogens (primary N) is 1. The molecule has 0 atom stereocenters. The minimum absolute atomic E-state index is 0.313. The van der Waals surface area contributed by atoms with Crippen molar-refractivity contribution in [2.45, 2.75) is 0 Å². The standard InChI is InChI=1S/C15H11F2N3/c16-11-4-1-9(2-5-11)13-7-10-3-6-12(17)8-14(10)19-15(13)20-18/h1-8H,18H2,(H,19,20). The fourth-order valence-electron chi connectivity index (χ4n) is 2.10. The van der Waals surface area contributed by atoms with Gasteiger partial charge in [-0.05, 0) is 35.9 Å². The molecule has 3 N–H and O–H groups in total. The van der Waals surface area contributed by atoms with Gasteiger partial charge in [-0.2, -0.15) is 0 Å². The maximum absolute atomic E-state index is 13.2. The molecule has 0 bridgehead atoms. The molecule has 20 heavy (non-hydrogen) atoms. The molecule has 3 nitrogen and oxygen atoms in total. The number of hydrazine groups is 1. The molecule has 0 amide bonds. The Morgan fingerprint density at radius 3 is 2.30 bits per heavy atom. The van der Waals surface area contributed by atoms with Gasteiger partial charge in [0.1, 0.15) is 17.5 Å². The Morgan fingerprint density at radius 1 is 0.900 bits per heavy atom. The van der Waals surface area contributed by atoms with Crippen molar-refractivity contribution in [3.05, 3.63) is 60.2 Å². The van der Waals surface area contributed by atoms with Crippen molar-refractivity contribution in [2.75, 3.05) is 5.43 Å². The van der Waals surface area contributed by atoms with E-state index in [-0.39, 0.29) is 11.6 Å². The van der Waals surface area contributed by atoms with E-state index in [1.165, 1.54) is 24.3 Å². The molecule has 1 heterocycles. The second kappa shape index (κ2) is 4.86. The predicted octanol–water partition coefficient (Wildman–Crippen LogP) is 3.47. The van der Waals surface area contributed by atoms with Gasteiger partial charge >= 0.3 is 0 Å². The maximum Gasteiger partial charge on any atom is 0.148 e. The summed E-state index contributed by atoms with van der Waals surface area (Å²) in [6.45, 7) is 0. The molecule has 0 aliphatic rings. The van der Waals surface area contributed by atoms with Crippen LogP contribution in [0.2, 0.25) is 0 Å². The van der Waals surface area contributed by atoms with E-state index in [1.54, 1.807) is 18.2 Å². The SMILES string of the molecule is NNc1nc2cc(F)ccc2cc1-c1ccc(F)cc1. The molecule has 2 aromatic carbocycles. The Morgan fingerprint density at radius 2 is 1.60 bits per heavy atom. The number of anilines is 1. The Labute approximate surface area is 114 Å². The predicted molar refractivity (Wildman–Crippen MR) is 74.9 cm³/mol. The van der Waals surface area contributed by atoms with Crippen molar-refractivity contribution in [1.29, 1.82) is 0 Å². The number of benzene rings is 2. The Bertz CT molecular complexity index is 770. The number of nitrogens with zero attached hydrogens (tertiary/aromatic N) is 1. The first-order valence-electron chi connectivity index (χ1n) is 6.00. The van der Waals surface area contributed by atoms with Crippen LogP contribution in [0.4, 0.5) is 14.6 Å². The van der Waals surface area contributed by atoms with E-state index in [9.17, 15) is 8.78 Å². The number of pyridine rings is 1. The maximum atomic E-state index is 13.2. The van der Waals surface area contributed by atoms with E-state index < -0.39 is 0 Å². The lowest BCUT2D eigenvalue weighted by Crippen LogP contribution is -2.10. The third kappa shape index (κ3) is 2.19. The van der Waals surface area contributed by atoms with Gasteiger partial charge in [0.2, 0.25) is 0 Å². The summed E-state index contributed by atoms with van der Waals surface area (Å²) in [7, 11) is 0. The van der Waals surface area contributed by atoms with E-state index in [4.69, 9.17) is 5.84 Å². The van der Waals surface area contributed by atoms with Gasteiger partial charge < -0.3 is 5.43 Å². The average molecular weight is 271 g/mol. The molecule has 1 aromatic heterocycles. The lowest BCUT2D eigenvalue weighted by atomic mass is 10.0. The first-order chi connectivity index (χ1) is 9.67. The van der Waals surface area contributed by atoms with E-state index in [0.717, 1.165) is 16.5 Å². The summed E-state index contributed by atoms with van der Waals surface area (Å²) >= 11 is 0. The molecule has 0 aliphatic heterocycles. The van der Waals surface area contributed by atoms with Crippen LogP contribution in [-0.4, -0.2) is 4.98 Å². The zero-order chi connectivity index (χ0) is 14.1. The lowest BCUT2D eigenvalue weighted by Gasteiger charge is -2.10. The third-order valence-electron chi connectivity index (χ3n) is 3.07. The molecule has 0 spiro atoms. The number of halogens is 2. The summed E-state index contributed by atoms with van der Waals surface area (Å²) in [5.74, 6) is 5.21. The van der Waals surface area contributed by atoms with Gasteiger partial charge in [0.15, 0.2) is 0 Å². The van der Waals surface area contributed by atoms with Gasteiger partial charge in [-0.1, -0.05) is 12.1 Å². The summed E-state index contributed by atoms with van der Waals surface area (Å²) in [4.78, 5) is 4.28. The van der Waals surface area contributed by atoms with Crippen LogP contribution in [0.15, 0.2) is 48.5 Å². The molecule has 0 unspecified atom stereocenters. The molecule has 0 fully saturated rings. The Balaban J connectivity index is 2.23. The first kappa shape index (κ1) is 12.5.